The molecule has 19 heavy (non-hydrogen) atoms. The molecule has 0 unspecified atom stereocenters. The summed E-state index contributed by atoms with van der Waals surface area (Å²) in [5.41, 5.74) is 2.60. The van der Waals surface area contributed by atoms with Gasteiger partial charge in [-0.3, -0.25) is 0 Å². The van der Waals surface area contributed by atoms with Crippen LogP contribution in [0.5, 0.6) is 5.75 Å². The minimum Gasteiger partial charge on any atom is -0.494 e. The van der Waals surface area contributed by atoms with E-state index in [0.717, 1.165) is 25.0 Å². The number of hydrogen-bond donors (Lipinski definition) is 1. The molecule has 0 amide bonds. The van der Waals surface area contributed by atoms with Gasteiger partial charge >= 0.3 is 0 Å². The number of rotatable bonds is 7. The predicted molar refractivity (Wildman–Crippen MR) is 77.5 cm³/mol. The third kappa shape index (κ3) is 4.76. The molecule has 0 bridgehead atoms. The van der Waals surface area contributed by atoms with E-state index >= 15 is 0 Å². The Balaban J connectivity index is 1.84. The summed E-state index contributed by atoms with van der Waals surface area (Å²) < 4.78 is 5.60. The van der Waals surface area contributed by atoms with Crippen LogP contribution in [0.1, 0.15) is 24.0 Å². The number of benzene rings is 2. The van der Waals surface area contributed by atoms with Gasteiger partial charge in [-0.15, -0.1) is 0 Å². The Morgan fingerprint density at radius 1 is 0.789 bits per heavy atom. The highest BCUT2D eigenvalue weighted by Gasteiger charge is 1.97. The van der Waals surface area contributed by atoms with E-state index in [2.05, 4.69) is 36.4 Å². The van der Waals surface area contributed by atoms with Gasteiger partial charge in [0, 0.05) is 6.61 Å². The Labute approximate surface area is 114 Å². The van der Waals surface area contributed by atoms with Crippen molar-refractivity contribution < 1.29 is 9.84 Å². The van der Waals surface area contributed by atoms with Crippen molar-refractivity contribution in [2.24, 2.45) is 0 Å². The first-order chi connectivity index (χ1) is 9.38. The maximum atomic E-state index is 8.68. The Morgan fingerprint density at radius 3 is 2.16 bits per heavy atom. The smallest absolute Gasteiger partial charge is 0.119 e. The lowest BCUT2D eigenvalue weighted by Gasteiger charge is -2.07. The third-order valence-electron chi connectivity index (χ3n) is 3.00. The van der Waals surface area contributed by atoms with Crippen molar-refractivity contribution in [2.45, 2.75) is 19.3 Å². The van der Waals surface area contributed by atoms with Crippen LogP contribution in [0, 0.1) is 0 Å². The van der Waals surface area contributed by atoms with Gasteiger partial charge < -0.3 is 9.84 Å². The first kappa shape index (κ1) is 13.6. The van der Waals surface area contributed by atoms with Gasteiger partial charge in [-0.1, -0.05) is 42.5 Å². The van der Waals surface area contributed by atoms with Crippen molar-refractivity contribution in [2.75, 3.05) is 13.2 Å². The van der Waals surface area contributed by atoms with Crippen molar-refractivity contribution >= 4 is 0 Å². The van der Waals surface area contributed by atoms with Gasteiger partial charge in [-0.2, -0.15) is 0 Å². The first-order valence-electron chi connectivity index (χ1n) is 6.75. The molecular weight excluding hydrogens is 236 g/mol. The van der Waals surface area contributed by atoms with Crippen LogP contribution in [0.25, 0.3) is 0 Å². The highest BCUT2D eigenvalue weighted by Crippen LogP contribution is 2.15. The van der Waals surface area contributed by atoms with E-state index in [4.69, 9.17) is 9.84 Å². The molecule has 2 aromatic rings. The fourth-order valence-corrected chi connectivity index (χ4v) is 1.94. The van der Waals surface area contributed by atoms with E-state index < -0.39 is 0 Å². The summed E-state index contributed by atoms with van der Waals surface area (Å²) in [4.78, 5) is 0. The van der Waals surface area contributed by atoms with Crippen molar-refractivity contribution in [3.8, 4) is 5.75 Å². The summed E-state index contributed by atoms with van der Waals surface area (Å²) in [6.45, 7) is 0.901. The number of ether oxygens (including phenoxy) is 1. The molecule has 0 saturated carbocycles. The third-order valence-corrected chi connectivity index (χ3v) is 3.00. The lowest BCUT2D eigenvalue weighted by molar-refractivity contribution is 0.253. The molecule has 0 saturated heterocycles. The summed E-state index contributed by atoms with van der Waals surface area (Å²) in [5, 5.41) is 8.68. The summed E-state index contributed by atoms with van der Waals surface area (Å²) in [5.74, 6) is 0.898. The quantitative estimate of drug-likeness (QED) is 0.769. The molecule has 2 rings (SSSR count). The molecule has 100 valence electrons. The zero-order valence-corrected chi connectivity index (χ0v) is 11.1. The Hall–Kier alpha value is -1.80. The molecule has 0 spiro atoms. The molecule has 0 fully saturated rings. The molecule has 0 aliphatic rings. The summed E-state index contributed by atoms with van der Waals surface area (Å²) in [6, 6.07) is 18.7. The first-order valence-corrected chi connectivity index (χ1v) is 6.75. The van der Waals surface area contributed by atoms with Crippen molar-refractivity contribution in [1.29, 1.82) is 0 Å². The number of unbranched alkanes of at least 4 members (excludes halogenated alkanes) is 1. The lowest BCUT2D eigenvalue weighted by atomic mass is 10.1. The van der Waals surface area contributed by atoms with Gasteiger partial charge in [0.2, 0.25) is 0 Å². The second-order valence-electron chi connectivity index (χ2n) is 4.59. The van der Waals surface area contributed by atoms with Crippen LogP contribution >= 0.6 is 0 Å². The van der Waals surface area contributed by atoms with Crippen molar-refractivity contribution in [3.05, 3.63) is 65.7 Å². The van der Waals surface area contributed by atoms with E-state index in [1.807, 2.05) is 18.2 Å². The van der Waals surface area contributed by atoms with Crippen molar-refractivity contribution in [1.82, 2.24) is 0 Å². The highest BCUT2D eigenvalue weighted by atomic mass is 16.5. The molecule has 0 radical (unpaired) electrons. The Bertz CT molecular complexity index is 462. The topological polar surface area (TPSA) is 29.5 Å². The monoisotopic (exact) mass is 256 g/mol. The highest BCUT2D eigenvalue weighted by molar-refractivity contribution is 5.31. The minimum atomic E-state index is 0.235. The molecule has 0 aliphatic carbocycles. The van der Waals surface area contributed by atoms with Crippen LogP contribution in [-0.4, -0.2) is 18.3 Å². The zero-order valence-electron chi connectivity index (χ0n) is 11.1. The molecule has 2 nitrogen and oxygen atoms in total. The van der Waals surface area contributed by atoms with E-state index in [1.54, 1.807) is 0 Å². The molecule has 0 aromatic heterocycles. The van der Waals surface area contributed by atoms with Gasteiger partial charge in [0.25, 0.3) is 0 Å². The average molecular weight is 256 g/mol. The van der Waals surface area contributed by atoms with Gasteiger partial charge in [0.05, 0.1) is 6.61 Å². The standard InChI is InChI=1S/C17H20O2/c18-12-4-5-13-19-17-10-8-16(9-11-17)14-15-6-2-1-3-7-15/h1-3,6-11,18H,4-5,12-14H2. The number of hydrogen-bond acceptors (Lipinski definition) is 2. The maximum absolute atomic E-state index is 8.68. The molecule has 0 aliphatic heterocycles. The second-order valence-corrected chi connectivity index (χ2v) is 4.59. The van der Waals surface area contributed by atoms with Gasteiger partial charge in [-0.05, 0) is 42.5 Å². The molecule has 2 aromatic carbocycles. The summed E-state index contributed by atoms with van der Waals surface area (Å²) >= 11 is 0. The fraction of sp³-hybridized carbons (Fsp3) is 0.294. The SMILES string of the molecule is OCCCCOc1ccc(Cc2ccccc2)cc1. The normalized spacial score (nSPS) is 10.4. The minimum absolute atomic E-state index is 0.235. The zero-order chi connectivity index (χ0) is 13.3. The van der Waals surface area contributed by atoms with Gasteiger partial charge in [0.1, 0.15) is 5.75 Å². The van der Waals surface area contributed by atoms with Gasteiger partial charge in [-0.25, -0.2) is 0 Å². The summed E-state index contributed by atoms with van der Waals surface area (Å²) in [6.07, 6.45) is 2.64. The average Bonchev–Trinajstić information content (AvgIpc) is 2.46. The molecule has 0 atom stereocenters. The number of aliphatic hydroxyl groups excluding tert-OH is 1. The fourth-order valence-electron chi connectivity index (χ4n) is 1.94. The molecular formula is C17H20O2. The lowest BCUT2D eigenvalue weighted by Crippen LogP contribution is -1.98. The van der Waals surface area contributed by atoms with Crippen LogP contribution in [-0.2, 0) is 6.42 Å². The van der Waals surface area contributed by atoms with Crippen LogP contribution in [0.15, 0.2) is 54.6 Å². The summed E-state index contributed by atoms with van der Waals surface area (Å²) in [7, 11) is 0. The number of aliphatic hydroxyl groups is 1. The van der Waals surface area contributed by atoms with Crippen LogP contribution in [0.3, 0.4) is 0 Å². The Morgan fingerprint density at radius 2 is 1.47 bits per heavy atom. The molecule has 0 heterocycles. The van der Waals surface area contributed by atoms with Crippen LogP contribution in [0.4, 0.5) is 0 Å². The Kier molecular flexibility index (Phi) is 5.45. The van der Waals surface area contributed by atoms with Crippen LogP contribution in [0.2, 0.25) is 0 Å². The second kappa shape index (κ2) is 7.59. The van der Waals surface area contributed by atoms with E-state index in [-0.39, 0.29) is 6.61 Å². The van der Waals surface area contributed by atoms with E-state index in [9.17, 15) is 0 Å². The maximum Gasteiger partial charge on any atom is 0.119 e. The van der Waals surface area contributed by atoms with E-state index in [0.29, 0.717) is 6.61 Å². The largest absolute Gasteiger partial charge is 0.494 e. The van der Waals surface area contributed by atoms with Crippen molar-refractivity contribution in [3.63, 3.8) is 0 Å². The molecule has 2 heteroatoms. The van der Waals surface area contributed by atoms with Gasteiger partial charge in [0.15, 0.2) is 0 Å². The molecule has 1 N–H and O–H groups in total. The predicted octanol–water partition coefficient (Wildman–Crippen LogP) is 3.43. The van der Waals surface area contributed by atoms with E-state index in [1.165, 1.54) is 11.1 Å². The van der Waals surface area contributed by atoms with Crippen LogP contribution < -0.4 is 4.74 Å².